The minimum absolute atomic E-state index is 0.0655. The van der Waals surface area contributed by atoms with Gasteiger partial charge in [0.2, 0.25) is 0 Å². The van der Waals surface area contributed by atoms with Crippen molar-refractivity contribution in [3.05, 3.63) is 41.7 Å². The quantitative estimate of drug-likeness (QED) is 0.797. The molecule has 1 aromatic carbocycles. The topological polar surface area (TPSA) is 27.1 Å². The molecule has 3 nitrogen and oxygen atoms in total. The molecular formula is C12H13BF3N2O-. The van der Waals surface area contributed by atoms with Crippen LogP contribution in [0.15, 0.2) is 30.6 Å². The Morgan fingerprint density at radius 1 is 1.32 bits per heavy atom. The maximum absolute atomic E-state index is 12.9. The fourth-order valence-electron chi connectivity index (χ4n) is 1.76. The Balaban J connectivity index is 2.20. The molecular weight excluding hydrogens is 256 g/mol. The van der Waals surface area contributed by atoms with E-state index in [0.29, 0.717) is 5.56 Å². The molecule has 0 saturated heterocycles. The lowest BCUT2D eigenvalue weighted by molar-refractivity contribution is 0.307. The molecule has 19 heavy (non-hydrogen) atoms. The van der Waals surface area contributed by atoms with E-state index in [1.54, 1.807) is 37.1 Å². The van der Waals surface area contributed by atoms with Crippen molar-refractivity contribution in [2.75, 3.05) is 0 Å². The summed E-state index contributed by atoms with van der Waals surface area (Å²) in [6.07, 6.45) is 3.26. The van der Waals surface area contributed by atoms with Gasteiger partial charge in [0.1, 0.15) is 6.61 Å². The molecule has 0 fully saturated rings. The van der Waals surface area contributed by atoms with Gasteiger partial charge in [0.25, 0.3) is 0 Å². The van der Waals surface area contributed by atoms with Gasteiger partial charge in [-0.25, -0.2) is 0 Å². The van der Waals surface area contributed by atoms with E-state index in [0.717, 1.165) is 11.6 Å². The van der Waals surface area contributed by atoms with Gasteiger partial charge in [-0.2, -0.15) is 5.10 Å². The molecule has 2 rings (SSSR count). The third kappa shape index (κ3) is 3.30. The molecule has 0 bridgehead atoms. The fourth-order valence-corrected chi connectivity index (χ4v) is 1.76. The smallest absolute Gasteiger partial charge is 0.492 e. The van der Waals surface area contributed by atoms with E-state index in [4.69, 9.17) is 4.74 Å². The summed E-state index contributed by atoms with van der Waals surface area (Å²) in [5.74, 6) is -0.137. The van der Waals surface area contributed by atoms with E-state index in [2.05, 4.69) is 5.10 Å². The maximum atomic E-state index is 12.9. The molecule has 0 aliphatic rings. The van der Waals surface area contributed by atoms with Gasteiger partial charge >= 0.3 is 6.98 Å². The minimum Gasteiger partial charge on any atom is -0.492 e. The van der Waals surface area contributed by atoms with E-state index >= 15 is 0 Å². The Labute approximate surface area is 109 Å². The van der Waals surface area contributed by atoms with Gasteiger partial charge in [-0.3, -0.25) is 4.68 Å². The van der Waals surface area contributed by atoms with Crippen LogP contribution in [0.5, 0.6) is 5.75 Å². The number of aryl methyl sites for hydroxylation is 2. The number of hydrogen-bond donors (Lipinski definition) is 0. The van der Waals surface area contributed by atoms with E-state index in [-0.39, 0.29) is 12.4 Å². The second kappa shape index (κ2) is 4.99. The summed E-state index contributed by atoms with van der Waals surface area (Å²) in [4.78, 5) is 0. The molecule has 0 saturated carbocycles. The van der Waals surface area contributed by atoms with Crippen LogP contribution in [-0.2, 0) is 13.7 Å². The molecule has 1 heterocycles. The first-order chi connectivity index (χ1) is 8.86. The van der Waals surface area contributed by atoms with E-state index in [9.17, 15) is 12.9 Å². The standard InChI is InChI=1S/C12H13BF3N2O/c1-9-3-4-12(11(5-9)13(14,15)16)19-8-10-6-17-18(2)7-10/h3-7H,8H2,1-2H3/q-1. The van der Waals surface area contributed by atoms with Crippen molar-refractivity contribution >= 4 is 12.4 Å². The van der Waals surface area contributed by atoms with Gasteiger partial charge in [0.05, 0.1) is 11.9 Å². The molecule has 0 unspecified atom stereocenters. The molecule has 2 aromatic rings. The van der Waals surface area contributed by atoms with Gasteiger partial charge in [-0.15, -0.1) is 0 Å². The maximum Gasteiger partial charge on any atom is 0.513 e. The highest BCUT2D eigenvalue weighted by molar-refractivity contribution is 6.74. The minimum atomic E-state index is -5.08. The SMILES string of the molecule is Cc1ccc(OCc2cnn(C)c2)c([B-](F)(F)F)c1. The highest BCUT2D eigenvalue weighted by Crippen LogP contribution is 2.20. The lowest BCUT2D eigenvalue weighted by Crippen LogP contribution is -2.35. The largest absolute Gasteiger partial charge is 0.513 e. The molecule has 0 amide bonds. The van der Waals surface area contributed by atoms with Gasteiger partial charge < -0.3 is 17.7 Å². The predicted molar refractivity (Wildman–Crippen MR) is 67.4 cm³/mol. The van der Waals surface area contributed by atoms with Crippen LogP contribution in [0.3, 0.4) is 0 Å². The fraction of sp³-hybridized carbons (Fsp3) is 0.250. The second-order valence-corrected chi connectivity index (χ2v) is 4.43. The zero-order valence-electron chi connectivity index (χ0n) is 10.6. The van der Waals surface area contributed by atoms with Gasteiger partial charge in [0, 0.05) is 18.8 Å². The number of halogens is 3. The van der Waals surface area contributed by atoms with Crippen molar-refractivity contribution in [1.82, 2.24) is 9.78 Å². The lowest BCUT2D eigenvalue weighted by Gasteiger charge is -2.20. The van der Waals surface area contributed by atoms with Gasteiger partial charge in [-0.1, -0.05) is 23.2 Å². The Morgan fingerprint density at radius 3 is 2.63 bits per heavy atom. The van der Waals surface area contributed by atoms with Crippen LogP contribution >= 0.6 is 0 Å². The number of rotatable bonds is 4. The van der Waals surface area contributed by atoms with Crippen molar-refractivity contribution in [3.8, 4) is 5.75 Å². The van der Waals surface area contributed by atoms with Crippen LogP contribution in [-0.4, -0.2) is 16.8 Å². The molecule has 0 atom stereocenters. The van der Waals surface area contributed by atoms with Crippen LogP contribution in [0.1, 0.15) is 11.1 Å². The Kier molecular flexibility index (Phi) is 3.55. The van der Waals surface area contributed by atoms with Crippen molar-refractivity contribution < 1.29 is 17.7 Å². The molecule has 0 aliphatic carbocycles. The second-order valence-electron chi connectivity index (χ2n) is 4.43. The number of nitrogens with zero attached hydrogens (tertiary/aromatic N) is 2. The highest BCUT2D eigenvalue weighted by atomic mass is 19.4. The van der Waals surface area contributed by atoms with E-state index in [1.165, 1.54) is 6.07 Å². The zero-order valence-corrected chi connectivity index (χ0v) is 10.6. The molecule has 7 heteroatoms. The predicted octanol–water partition coefficient (Wildman–Crippen LogP) is 2.36. The first kappa shape index (κ1) is 13.5. The number of ether oxygens (including phenoxy) is 1. The molecule has 0 spiro atoms. The average Bonchev–Trinajstić information content (AvgIpc) is 2.72. The monoisotopic (exact) mass is 269 g/mol. The van der Waals surface area contributed by atoms with Crippen molar-refractivity contribution in [1.29, 1.82) is 0 Å². The van der Waals surface area contributed by atoms with Crippen LogP contribution in [0, 0.1) is 6.92 Å². The highest BCUT2D eigenvalue weighted by Gasteiger charge is 2.29. The molecule has 1 aromatic heterocycles. The Hall–Kier alpha value is -1.92. The normalized spacial score (nSPS) is 11.6. The average molecular weight is 269 g/mol. The van der Waals surface area contributed by atoms with Gasteiger partial charge in [0.15, 0.2) is 0 Å². The molecule has 102 valence electrons. The summed E-state index contributed by atoms with van der Waals surface area (Å²) in [6.45, 7) is -3.39. The summed E-state index contributed by atoms with van der Waals surface area (Å²) in [5.41, 5.74) is 0.593. The van der Waals surface area contributed by atoms with E-state index in [1.807, 2.05) is 0 Å². The lowest BCUT2D eigenvalue weighted by atomic mass is 9.78. The van der Waals surface area contributed by atoms with Crippen LogP contribution < -0.4 is 10.2 Å². The zero-order chi connectivity index (χ0) is 14.0. The summed E-state index contributed by atoms with van der Waals surface area (Å²) in [7, 11) is 1.74. The summed E-state index contributed by atoms with van der Waals surface area (Å²) < 4.78 is 45.6. The summed E-state index contributed by atoms with van der Waals surface area (Å²) in [6, 6.07) is 4.07. The van der Waals surface area contributed by atoms with Crippen molar-refractivity contribution in [3.63, 3.8) is 0 Å². The van der Waals surface area contributed by atoms with Gasteiger partial charge in [-0.05, 0) is 13.0 Å². The first-order valence-electron chi connectivity index (χ1n) is 5.77. The van der Waals surface area contributed by atoms with Crippen LogP contribution in [0.2, 0.25) is 0 Å². The third-order valence-electron chi connectivity index (χ3n) is 2.67. The van der Waals surface area contributed by atoms with Crippen molar-refractivity contribution in [2.24, 2.45) is 7.05 Å². The van der Waals surface area contributed by atoms with E-state index < -0.39 is 12.4 Å². The van der Waals surface area contributed by atoms with Crippen LogP contribution in [0.4, 0.5) is 12.9 Å². The molecule has 0 aliphatic heterocycles. The number of benzene rings is 1. The third-order valence-corrected chi connectivity index (χ3v) is 2.67. The van der Waals surface area contributed by atoms with Crippen LogP contribution in [0.25, 0.3) is 0 Å². The Bertz CT molecular complexity index is 581. The van der Waals surface area contributed by atoms with Crippen molar-refractivity contribution in [2.45, 2.75) is 13.5 Å². The Morgan fingerprint density at radius 2 is 2.05 bits per heavy atom. The number of hydrogen-bond acceptors (Lipinski definition) is 2. The summed E-state index contributed by atoms with van der Waals surface area (Å²) in [5, 5.41) is 3.93. The first-order valence-corrected chi connectivity index (χ1v) is 5.77. The molecule has 0 radical (unpaired) electrons. The molecule has 0 N–H and O–H groups in total. The summed E-state index contributed by atoms with van der Waals surface area (Å²) >= 11 is 0. The number of aromatic nitrogens is 2.